The molecule has 0 aliphatic carbocycles. The van der Waals surface area contributed by atoms with E-state index < -0.39 is 6.36 Å². The highest BCUT2D eigenvalue weighted by molar-refractivity contribution is 7.09. The van der Waals surface area contributed by atoms with Crippen molar-refractivity contribution in [2.45, 2.75) is 18.7 Å². The lowest BCUT2D eigenvalue weighted by atomic mass is 9.89. The Morgan fingerprint density at radius 1 is 0.972 bits per heavy atom. The van der Waals surface area contributed by atoms with E-state index in [9.17, 15) is 18.0 Å². The minimum atomic E-state index is -4.75. The SMILES string of the molecule is O=c1cc(Cc2ccc(OC(F)(F)F)cc2)c2cc(C(c3ccc(Cl)cc3)c3nccs3)ccc2[nH]1. The number of aromatic nitrogens is 2. The smallest absolute Gasteiger partial charge is 0.406 e. The van der Waals surface area contributed by atoms with E-state index in [2.05, 4.69) is 14.7 Å². The number of pyridine rings is 1. The van der Waals surface area contributed by atoms with Crippen LogP contribution in [0.25, 0.3) is 10.9 Å². The van der Waals surface area contributed by atoms with Crippen molar-refractivity contribution in [3.8, 4) is 5.75 Å². The molecule has 5 rings (SSSR count). The van der Waals surface area contributed by atoms with Gasteiger partial charge in [-0.15, -0.1) is 24.5 Å². The number of aromatic amines is 1. The number of rotatable bonds is 6. The highest BCUT2D eigenvalue weighted by Gasteiger charge is 2.31. The van der Waals surface area contributed by atoms with E-state index in [0.29, 0.717) is 17.0 Å². The number of halogens is 4. The predicted octanol–water partition coefficient (Wildman–Crippen LogP) is 7.31. The first-order chi connectivity index (χ1) is 17.2. The molecule has 2 heterocycles. The van der Waals surface area contributed by atoms with E-state index in [1.807, 2.05) is 47.8 Å². The molecule has 0 fully saturated rings. The number of ether oxygens (including phenoxy) is 1. The first-order valence-electron chi connectivity index (χ1n) is 10.9. The highest BCUT2D eigenvalue weighted by atomic mass is 35.5. The summed E-state index contributed by atoms with van der Waals surface area (Å²) >= 11 is 7.66. The van der Waals surface area contributed by atoms with Crippen molar-refractivity contribution in [2.75, 3.05) is 0 Å². The van der Waals surface area contributed by atoms with Crippen molar-refractivity contribution in [3.05, 3.63) is 127 Å². The molecule has 0 radical (unpaired) electrons. The molecule has 0 saturated carbocycles. The van der Waals surface area contributed by atoms with Crippen LogP contribution in [0.5, 0.6) is 5.75 Å². The maximum absolute atomic E-state index is 12.5. The topological polar surface area (TPSA) is 55.0 Å². The lowest BCUT2D eigenvalue weighted by molar-refractivity contribution is -0.274. The Morgan fingerprint density at radius 2 is 1.69 bits per heavy atom. The molecule has 4 nitrogen and oxygen atoms in total. The van der Waals surface area contributed by atoms with Crippen molar-refractivity contribution in [3.63, 3.8) is 0 Å². The van der Waals surface area contributed by atoms with Crippen LogP contribution in [0.15, 0.2) is 89.2 Å². The first kappa shape index (κ1) is 24.1. The molecule has 1 N–H and O–H groups in total. The van der Waals surface area contributed by atoms with Crippen LogP contribution in [0.1, 0.15) is 33.2 Å². The van der Waals surface area contributed by atoms with Gasteiger partial charge in [-0.05, 0) is 65.1 Å². The van der Waals surface area contributed by atoms with Gasteiger partial charge in [-0.25, -0.2) is 4.98 Å². The third-order valence-corrected chi connectivity index (χ3v) is 6.83. The summed E-state index contributed by atoms with van der Waals surface area (Å²) in [5.41, 5.74) is 3.94. The van der Waals surface area contributed by atoms with Crippen LogP contribution in [0.3, 0.4) is 0 Å². The molecule has 9 heteroatoms. The largest absolute Gasteiger partial charge is 0.573 e. The third-order valence-electron chi connectivity index (χ3n) is 5.74. The average molecular weight is 527 g/mol. The molecule has 1 unspecified atom stereocenters. The molecular weight excluding hydrogens is 509 g/mol. The molecular formula is C27H18ClF3N2O2S. The van der Waals surface area contributed by atoms with E-state index in [1.165, 1.54) is 18.2 Å². The van der Waals surface area contributed by atoms with Crippen molar-refractivity contribution >= 4 is 33.8 Å². The van der Waals surface area contributed by atoms with Gasteiger partial charge in [0.25, 0.3) is 0 Å². The zero-order chi connectivity index (χ0) is 25.3. The van der Waals surface area contributed by atoms with Crippen LogP contribution in [0.2, 0.25) is 5.02 Å². The summed E-state index contributed by atoms with van der Waals surface area (Å²) in [6.07, 6.45) is -2.63. The van der Waals surface area contributed by atoms with Gasteiger partial charge in [-0.1, -0.05) is 41.9 Å². The summed E-state index contributed by atoms with van der Waals surface area (Å²) in [7, 11) is 0. The molecule has 0 aliphatic heterocycles. The summed E-state index contributed by atoms with van der Waals surface area (Å²) in [6, 6.07) is 20.7. The molecule has 5 aromatic rings. The number of hydrogen-bond donors (Lipinski definition) is 1. The van der Waals surface area contributed by atoms with Crippen LogP contribution in [-0.4, -0.2) is 16.3 Å². The predicted molar refractivity (Wildman–Crippen MR) is 135 cm³/mol. The number of thiazole rings is 1. The van der Waals surface area contributed by atoms with Gasteiger partial charge >= 0.3 is 6.36 Å². The van der Waals surface area contributed by atoms with Crippen LogP contribution in [0.4, 0.5) is 13.2 Å². The number of fused-ring (bicyclic) bond motifs is 1. The number of hydrogen-bond acceptors (Lipinski definition) is 4. The fourth-order valence-electron chi connectivity index (χ4n) is 4.21. The minimum Gasteiger partial charge on any atom is -0.406 e. The third kappa shape index (κ3) is 5.45. The van der Waals surface area contributed by atoms with Crippen LogP contribution >= 0.6 is 22.9 Å². The van der Waals surface area contributed by atoms with Crippen LogP contribution in [-0.2, 0) is 6.42 Å². The normalized spacial score (nSPS) is 12.6. The van der Waals surface area contributed by atoms with Crippen molar-refractivity contribution in [2.24, 2.45) is 0 Å². The summed E-state index contributed by atoms with van der Waals surface area (Å²) in [5.74, 6) is -0.427. The van der Waals surface area contributed by atoms with Gasteiger partial charge in [0.1, 0.15) is 10.8 Å². The number of H-pyrrole nitrogens is 1. The second kappa shape index (κ2) is 9.79. The van der Waals surface area contributed by atoms with E-state index in [-0.39, 0.29) is 17.2 Å². The van der Waals surface area contributed by atoms with Gasteiger partial charge in [0.05, 0.1) is 5.92 Å². The number of benzene rings is 3. The van der Waals surface area contributed by atoms with Crippen molar-refractivity contribution < 1.29 is 17.9 Å². The van der Waals surface area contributed by atoms with Crippen molar-refractivity contribution in [1.29, 1.82) is 0 Å². The molecule has 0 bridgehead atoms. The van der Waals surface area contributed by atoms with Gasteiger partial charge in [-0.3, -0.25) is 4.79 Å². The Bertz CT molecular complexity index is 1550. The fraction of sp³-hybridized carbons (Fsp3) is 0.111. The van der Waals surface area contributed by atoms with Gasteiger partial charge in [-0.2, -0.15) is 0 Å². The number of alkyl halides is 3. The Kier molecular flexibility index (Phi) is 6.55. The lowest BCUT2D eigenvalue weighted by Gasteiger charge is -2.17. The maximum Gasteiger partial charge on any atom is 0.573 e. The van der Waals surface area contributed by atoms with Gasteiger partial charge in [0.2, 0.25) is 5.56 Å². The van der Waals surface area contributed by atoms with Crippen molar-refractivity contribution in [1.82, 2.24) is 9.97 Å². The van der Waals surface area contributed by atoms with Gasteiger partial charge < -0.3 is 9.72 Å². The average Bonchev–Trinajstić information content (AvgIpc) is 3.35. The Morgan fingerprint density at radius 3 is 2.36 bits per heavy atom. The van der Waals surface area contributed by atoms with Crippen LogP contribution in [0, 0.1) is 0 Å². The zero-order valence-electron chi connectivity index (χ0n) is 18.6. The molecule has 182 valence electrons. The summed E-state index contributed by atoms with van der Waals surface area (Å²) < 4.78 is 41.4. The zero-order valence-corrected chi connectivity index (χ0v) is 20.1. The Labute approximate surface area is 213 Å². The highest BCUT2D eigenvalue weighted by Crippen LogP contribution is 2.35. The second-order valence-electron chi connectivity index (χ2n) is 8.19. The van der Waals surface area contributed by atoms with Gasteiger partial charge in [0, 0.05) is 33.6 Å². The maximum atomic E-state index is 12.5. The molecule has 0 spiro atoms. The van der Waals surface area contributed by atoms with E-state index >= 15 is 0 Å². The number of nitrogens with zero attached hydrogens (tertiary/aromatic N) is 1. The molecule has 1 atom stereocenters. The summed E-state index contributed by atoms with van der Waals surface area (Å²) in [6.45, 7) is 0. The Hall–Kier alpha value is -3.62. The van der Waals surface area contributed by atoms with E-state index in [1.54, 1.807) is 29.7 Å². The molecule has 0 amide bonds. The molecule has 0 aliphatic rings. The Balaban J connectivity index is 1.55. The monoisotopic (exact) mass is 526 g/mol. The first-order valence-corrected chi connectivity index (χ1v) is 12.2. The molecule has 36 heavy (non-hydrogen) atoms. The molecule has 0 saturated heterocycles. The minimum absolute atomic E-state index is 0.134. The van der Waals surface area contributed by atoms with Gasteiger partial charge in [0.15, 0.2) is 0 Å². The lowest BCUT2D eigenvalue weighted by Crippen LogP contribution is -2.17. The summed E-state index contributed by atoms with van der Waals surface area (Å²) in [5, 5.41) is 4.33. The van der Waals surface area contributed by atoms with E-state index in [0.717, 1.165) is 32.6 Å². The molecule has 2 aromatic heterocycles. The fourth-order valence-corrected chi connectivity index (χ4v) is 5.12. The summed E-state index contributed by atoms with van der Waals surface area (Å²) in [4.78, 5) is 19.8. The van der Waals surface area contributed by atoms with E-state index in [4.69, 9.17) is 11.6 Å². The standard InChI is InChI=1S/C27H18ClF3N2O2S/c28-20-6-3-17(4-7-20)25(26-32-11-12-36-26)18-5-10-23-22(14-18)19(15-24(34)33-23)13-16-1-8-21(9-2-16)35-27(29,30)31/h1-12,14-15,25H,13H2,(H,33,34). The van der Waals surface area contributed by atoms with Crippen LogP contribution < -0.4 is 10.3 Å². The molecule has 3 aromatic carbocycles. The number of nitrogens with one attached hydrogen (secondary N) is 1. The quantitative estimate of drug-likeness (QED) is 0.252. The second-order valence-corrected chi connectivity index (χ2v) is 9.55.